The summed E-state index contributed by atoms with van der Waals surface area (Å²) in [5.74, 6) is -4.05. The van der Waals surface area contributed by atoms with Gasteiger partial charge in [0.1, 0.15) is 22.8 Å². The topological polar surface area (TPSA) is 191 Å². The second-order valence-corrected chi connectivity index (χ2v) is 12.3. The number of hydrogen-bond acceptors (Lipinski definition) is 8. The van der Waals surface area contributed by atoms with Crippen molar-refractivity contribution >= 4 is 57.0 Å². The van der Waals surface area contributed by atoms with Gasteiger partial charge in [0.25, 0.3) is 0 Å². The van der Waals surface area contributed by atoms with Crippen LogP contribution in [0.4, 0.5) is 20.2 Å². The van der Waals surface area contributed by atoms with E-state index >= 15 is 8.78 Å². The van der Waals surface area contributed by atoms with Crippen molar-refractivity contribution in [1.82, 2.24) is 24.3 Å². The van der Waals surface area contributed by atoms with Crippen molar-refractivity contribution < 1.29 is 28.6 Å². The molecule has 0 unspecified atom stereocenters. The van der Waals surface area contributed by atoms with Crippen molar-refractivity contribution in [3.8, 4) is 0 Å². The maximum absolute atomic E-state index is 15.3. The van der Waals surface area contributed by atoms with Crippen molar-refractivity contribution in [2.24, 2.45) is 0 Å². The Kier molecular flexibility index (Phi) is 9.38. The van der Waals surface area contributed by atoms with Gasteiger partial charge in [0.15, 0.2) is 11.9 Å². The standard InChI is InChI=1S/C34H37F2N9O6/c1-3-40-17-21(31(48)49)29(46)19-13-23(35)27(15-25(19)40)42-5-9-44(10-6-42)33(37)39-34(38)45-11-7-43(8-12-45)28-16-26-20(14-24(28)36)30(47)22(32(50)51)18-41(26)4-2/h13-18H,3-12H2,1-2H3,(H,48,49)(H,50,51)(H3,37,38,39). The SMILES string of the molecule is CCn1cc(C(=O)O)c(=O)c2cc(F)c(N3CCN(C(=N)NC(=N)N4CCN(c5cc6c(cc5F)c(=O)c(C(=O)O)cn6CC)CC4)CC3)cc21. The third kappa shape index (κ3) is 6.41. The first-order valence-electron chi connectivity index (χ1n) is 16.5. The molecule has 0 spiro atoms. The molecule has 2 saturated heterocycles. The number of aryl methyl sites for hydroxylation is 2. The van der Waals surface area contributed by atoms with Crippen LogP contribution in [0, 0.1) is 22.5 Å². The van der Waals surface area contributed by atoms with E-state index in [-0.39, 0.29) is 34.1 Å². The van der Waals surface area contributed by atoms with Gasteiger partial charge >= 0.3 is 11.9 Å². The van der Waals surface area contributed by atoms with E-state index < -0.39 is 45.6 Å². The van der Waals surface area contributed by atoms with Crippen LogP contribution < -0.4 is 26.0 Å². The highest BCUT2D eigenvalue weighted by molar-refractivity contribution is 5.97. The molecule has 0 saturated carbocycles. The van der Waals surface area contributed by atoms with Gasteiger partial charge in [-0.15, -0.1) is 0 Å². The molecule has 0 aliphatic carbocycles. The summed E-state index contributed by atoms with van der Waals surface area (Å²) in [5.41, 5.74) is -0.963. The fraction of sp³-hybridized carbons (Fsp3) is 0.353. The van der Waals surface area contributed by atoms with Crippen molar-refractivity contribution in [2.45, 2.75) is 26.9 Å². The minimum Gasteiger partial charge on any atom is -0.477 e. The Balaban J connectivity index is 1.07. The second-order valence-electron chi connectivity index (χ2n) is 12.3. The van der Waals surface area contributed by atoms with E-state index in [1.807, 2.05) is 0 Å². The summed E-state index contributed by atoms with van der Waals surface area (Å²) in [6, 6.07) is 5.27. The van der Waals surface area contributed by atoms with Crippen molar-refractivity contribution in [3.05, 3.63) is 79.9 Å². The number of fused-ring (bicyclic) bond motifs is 2. The van der Waals surface area contributed by atoms with E-state index in [0.29, 0.717) is 76.5 Å². The number of hydrogen-bond donors (Lipinski definition) is 5. The molecule has 2 aromatic heterocycles. The van der Waals surface area contributed by atoms with Crippen LogP contribution in [0.2, 0.25) is 0 Å². The molecule has 15 nitrogen and oxygen atoms in total. The Morgan fingerprint density at radius 1 is 0.667 bits per heavy atom. The molecule has 0 atom stereocenters. The summed E-state index contributed by atoms with van der Waals surface area (Å²) >= 11 is 0. The number of nitrogens with zero attached hydrogens (tertiary/aromatic N) is 6. The molecule has 51 heavy (non-hydrogen) atoms. The van der Waals surface area contributed by atoms with Gasteiger partial charge in [-0.1, -0.05) is 0 Å². The number of pyridine rings is 2. The Morgan fingerprint density at radius 2 is 1.02 bits per heavy atom. The molecule has 268 valence electrons. The van der Waals surface area contributed by atoms with Crippen LogP contribution >= 0.6 is 0 Å². The Labute approximate surface area is 289 Å². The van der Waals surface area contributed by atoms with Crippen LogP contribution in [0.5, 0.6) is 0 Å². The molecule has 2 aromatic carbocycles. The molecule has 2 aliphatic heterocycles. The number of carboxylic acid groups (broad SMARTS) is 2. The van der Waals surface area contributed by atoms with Crippen LogP contribution in [-0.4, -0.2) is 105 Å². The van der Waals surface area contributed by atoms with E-state index in [2.05, 4.69) is 5.32 Å². The van der Waals surface area contributed by atoms with Gasteiger partial charge in [-0.2, -0.15) is 0 Å². The summed E-state index contributed by atoms with van der Waals surface area (Å²) in [5, 5.41) is 38.8. The molecular formula is C34H37F2N9O6. The monoisotopic (exact) mass is 705 g/mol. The Morgan fingerprint density at radius 3 is 1.33 bits per heavy atom. The largest absolute Gasteiger partial charge is 0.477 e. The number of anilines is 2. The van der Waals surface area contributed by atoms with Crippen LogP contribution in [0.3, 0.4) is 0 Å². The number of nitrogens with one attached hydrogen (secondary N) is 3. The quantitative estimate of drug-likeness (QED) is 0.146. The van der Waals surface area contributed by atoms with Crippen LogP contribution in [-0.2, 0) is 13.1 Å². The zero-order valence-corrected chi connectivity index (χ0v) is 28.0. The fourth-order valence-corrected chi connectivity index (χ4v) is 6.72. The summed E-state index contributed by atoms with van der Waals surface area (Å²) < 4.78 is 33.8. The zero-order chi connectivity index (χ0) is 36.7. The number of benzene rings is 2. The minimum atomic E-state index is -1.38. The summed E-state index contributed by atoms with van der Waals surface area (Å²) in [4.78, 5) is 55.6. The molecule has 5 N–H and O–H groups in total. The van der Waals surface area contributed by atoms with E-state index in [1.165, 1.54) is 12.4 Å². The lowest BCUT2D eigenvalue weighted by atomic mass is 10.1. The molecule has 0 radical (unpaired) electrons. The molecule has 4 aromatic rings. The first-order chi connectivity index (χ1) is 24.3. The number of piperazine rings is 2. The maximum atomic E-state index is 15.3. The number of halogens is 2. The molecule has 0 bridgehead atoms. The minimum absolute atomic E-state index is 0.000857. The van der Waals surface area contributed by atoms with Gasteiger partial charge in [-0.3, -0.25) is 25.7 Å². The van der Waals surface area contributed by atoms with Crippen LogP contribution in [0.1, 0.15) is 34.6 Å². The maximum Gasteiger partial charge on any atom is 0.341 e. The van der Waals surface area contributed by atoms with Crippen molar-refractivity contribution in [2.75, 3.05) is 62.2 Å². The number of aromatic nitrogens is 2. The molecular weight excluding hydrogens is 668 g/mol. The predicted molar refractivity (Wildman–Crippen MR) is 188 cm³/mol. The van der Waals surface area contributed by atoms with E-state index in [0.717, 1.165) is 12.1 Å². The highest BCUT2D eigenvalue weighted by Crippen LogP contribution is 2.28. The predicted octanol–water partition coefficient (Wildman–Crippen LogP) is 2.43. The number of carboxylic acids is 2. The second kappa shape index (κ2) is 13.7. The van der Waals surface area contributed by atoms with Crippen LogP contribution in [0.25, 0.3) is 21.8 Å². The summed E-state index contributed by atoms with van der Waals surface area (Å²) in [7, 11) is 0. The van der Waals surface area contributed by atoms with Crippen molar-refractivity contribution in [3.63, 3.8) is 0 Å². The van der Waals surface area contributed by atoms with Gasteiger partial charge in [-0.05, 0) is 38.1 Å². The molecule has 17 heteroatoms. The fourth-order valence-electron chi connectivity index (χ4n) is 6.72. The van der Waals surface area contributed by atoms with Crippen LogP contribution in [0.15, 0.2) is 46.2 Å². The molecule has 2 aliphatic rings. The Hall–Kier alpha value is -6.00. The lowest BCUT2D eigenvalue weighted by molar-refractivity contribution is 0.0684. The smallest absolute Gasteiger partial charge is 0.341 e. The molecule has 2 fully saturated rings. The lowest BCUT2D eigenvalue weighted by Crippen LogP contribution is -2.58. The highest BCUT2D eigenvalue weighted by atomic mass is 19.1. The molecule has 0 amide bonds. The summed E-state index contributed by atoms with van der Waals surface area (Å²) in [6.45, 7) is 7.13. The summed E-state index contributed by atoms with van der Waals surface area (Å²) in [6.07, 6.45) is 2.53. The normalized spacial score (nSPS) is 15.1. The molecule has 4 heterocycles. The van der Waals surface area contributed by atoms with Gasteiger partial charge in [0.2, 0.25) is 10.9 Å². The van der Waals surface area contributed by atoms with E-state index in [4.69, 9.17) is 10.8 Å². The van der Waals surface area contributed by atoms with Gasteiger partial charge in [0, 0.05) is 88.6 Å². The number of guanidine groups is 2. The first kappa shape index (κ1) is 34.8. The van der Waals surface area contributed by atoms with Gasteiger partial charge < -0.3 is 38.9 Å². The zero-order valence-electron chi connectivity index (χ0n) is 28.0. The average molecular weight is 706 g/mol. The van der Waals surface area contributed by atoms with Gasteiger partial charge in [0.05, 0.1) is 22.4 Å². The number of rotatable bonds is 6. The number of aromatic carboxylic acids is 2. The highest BCUT2D eigenvalue weighted by Gasteiger charge is 2.27. The van der Waals surface area contributed by atoms with E-state index in [9.17, 15) is 29.4 Å². The lowest BCUT2D eigenvalue weighted by Gasteiger charge is -2.40. The molecule has 6 rings (SSSR count). The first-order valence-corrected chi connectivity index (χ1v) is 16.5. The third-order valence-corrected chi connectivity index (χ3v) is 9.55. The third-order valence-electron chi connectivity index (χ3n) is 9.55. The number of carbonyl (C=O) groups is 2. The van der Waals surface area contributed by atoms with E-state index in [1.54, 1.807) is 54.7 Å². The Bertz CT molecular complexity index is 2070. The average Bonchev–Trinajstić information content (AvgIpc) is 3.11. The van der Waals surface area contributed by atoms with Gasteiger partial charge in [-0.25, -0.2) is 18.4 Å². The van der Waals surface area contributed by atoms with Crippen molar-refractivity contribution in [1.29, 1.82) is 10.8 Å².